The fraction of sp³-hybridized carbons (Fsp3) is 0.750. The summed E-state index contributed by atoms with van der Waals surface area (Å²) in [7, 11) is 0. The monoisotopic (exact) mass is 199 g/mol. The van der Waals surface area contributed by atoms with Crippen LogP contribution in [0.5, 0.6) is 0 Å². The molecule has 3 N–H and O–H groups in total. The molecule has 1 atom stereocenters. The molecule has 72 valence electrons. The maximum Gasteiger partial charge on any atom is 0.203 e. The Hall–Kier alpha value is -0.680. The first-order valence-corrected chi connectivity index (χ1v) is 5.36. The second-order valence-corrected chi connectivity index (χ2v) is 4.51. The van der Waals surface area contributed by atoms with Gasteiger partial charge in [-0.15, -0.1) is 10.2 Å². The summed E-state index contributed by atoms with van der Waals surface area (Å²) in [6, 6.07) is 0. The molecule has 1 aromatic heterocycles. The van der Waals surface area contributed by atoms with Crippen molar-refractivity contribution in [1.82, 2.24) is 10.2 Å². The van der Waals surface area contributed by atoms with Gasteiger partial charge in [-0.05, 0) is 18.8 Å². The Balaban J connectivity index is 2.07. The van der Waals surface area contributed by atoms with Crippen LogP contribution in [-0.4, -0.2) is 15.3 Å². The highest BCUT2D eigenvalue weighted by atomic mass is 32.1. The zero-order valence-corrected chi connectivity index (χ0v) is 8.13. The maximum absolute atomic E-state index is 9.89. The van der Waals surface area contributed by atoms with Crippen LogP contribution in [0.1, 0.15) is 36.8 Å². The number of nitrogens with two attached hydrogens (primary N) is 1. The van der Waals surface area contributed by atoms with Crippen LogP contribution in [0.3, 0.4) is 0 Å². The topological polar surface area (TPSA) is 72.0 Å². The molecule has 1 fully saturated rings. The summed E-state index contributed by atoms with van der Waals surface area (Å²) in [6.07, 6.45) is 4.19. The molecule has 1 aliphatic rings. The molecule has 1 aliphatic carbocycles. The lowest BCUT2D eigenvalue weighted by molar-refractivity contribution is 0.110. The second-order valence-electron chi connectivity index (χ2n) is 3.47. The molecule has 1 saturated carbocycles. The van der Waals surface area contributed by atoms with Gasteiger partial charge in [0.1, 0.15) is 11.1 Å². The van der Waals surface area contributed by atoms with Crippen molar-refractivity contribution in [3.63, 3.8) is 0 Å². The Labute approximate surface area is 80.8 Å². The first-order chi connectivity index (χ1) is 6.27. The average molecular weight is 199 g/mol. The molecule has 0 aromatic carbocycles. The number of aliphatic hydroxyl groups excluding tert-OH is 1. The summed E-state index contributed by atoms with van der Waals surface area (Å²) >= 11 is 1.29. The third kappa shape index (κ3) is 1.81. The van der Waals surface area contributed by atoms with E-state index in [2.05, 4.69) is 10.2 Å². The Morgan fingerprint density at radius 2 is 2.08 bits per heavy atom. The van der Waals surface area contributed by atoms with Crippen molar-refractivity contribution >= 4 is 16.5 Å². The molecule has 0 spiro atoms. The molecule has 0 saturated heterocycles. The van der Waals surface area contributed by atoms with E-state index in [1.807, 2.05) is 0 Å². The predicted octanol–water partition coefficient (Wildman–Crippen LogP) is 1.34. The van der Waals surface area contributed by atoms with Gasteiger partial charge in [0.05, 0.1) is 0 Å². The standard InChI is InChI=1S/C8H13N3OS/c9-8-11-10-7(13-8)6(12)5-3-1-2-4-5/h5-6,12H,1-4H2,(H2,9,11). The molecular formula is C8H13N3OS. The molecule has 2 rings (SSSR count). The molecule has 0 radical (unpaired) electrons. The van der Waals surface area contributed by atoms with Gasteiger partial charge in [-0.25, -0.2) is 0 Å². The SMILES string of the molecule is Nc1nnc(C(O)C2CCCC2)s1. The minimum absolute atomic E-state index is 0.368. The molecule has 4 nitrogen and oxygen atoms in total. The van der Waals surface area contributed by atoms with E-state index in [-0.39, 0.29) is 0 Å². The largest absolute Gasteiger partial charge is 0.386 e. The number of rotatable bonds is 2. The van der Waals surface area contributed by atoms with Gasteiger partial charge in [-0.3, -0.25) is 0 Å². The number of nitrogen functional groups attached to an aromatic ring is 1. The minimum atomic E-state index is -0.447. The lowest BCUT2D eigenvalue weighted by Gasteiger charge is -2.13. The normalized spacial score (nSPS) is 20.7. The first-order valence-electron chi connectivity index (χ1n) is 4.54. The van der Waals surface area contributed by atoms with E-state index in [0.29, 0.717) is 16.1 Å². The van der Waals surface area contributed by atoms with Crippen molar-refractivity contribution in [2.24, 2.45) is 5.92 Å². The zero-order chi connectivity index (χ0) is 9.26. The van der Waals surface area contributed by atoms with Crippen LogP contribution in [0.15, 0.2) is 0 Å². The maximum atomic E-state index is 9.89. The van der Waals surface area contributed by atoms with Crippen molar-refractivity contribution in [2.75, 3.05) is 5.73 Å². The summed E-state index contributed by atoms with van der Waals surface area (Å²) in [5.74, 6) is 0.368. The van der Waals surface area contributed by atoms with Gasteiger partial charge in [0, 0.05) is 0 Å². The lowest BCUT2D eigenvalue weighted by atomic mass is 10.0. The number of nitrogens with zero attached hydrogens (tertiary/aromatic N) is 2. The number of aliphatic hydroxyl groups is 1. The van der Waals surface area contributed by atoms with E-state index in [9.17, 15) is 5.11 Å². The third-order valence-electron chi connectivity index (χ3n) is 2.56. The Morgan fingerprint density at radius 1 is 1.38 bits per heavy atom. The molecule has 1 aromatic rings. The number of hydrogen-bond donors (Lipinski definition) is 2. The van der Waals surface area contributed by atoms with E-state index in [0.717, 1.165) is 12.8 Å². The zero-order valence-electron chi connectivity index (χ0n) is 7.31. The fourth-order valence-corrected chi connectivity index (χ4v) is 2.53. The van der Waals surface area contributed by atoms with Crippen LogP contribution in [-0.2, 0) is 0 Å². The number of hydrogen-bond acceptors (Lipinski definition) is 5. The highest BCUT2D eigenvalue weighted by molar-refractivity contribution is 7.15. The smallest absolute Gasteiger partial charge is 0.203 e. The summed E-state index contributed by atoms with van der Waals surface area (Å²) < 4.78 is 0. The van der Waals surface area contributed by atoms with Gasteiger partial charge in [0.25, 0.3) is 0 Å². The Morgan fingerprint density at radius 3 is 2.62 bits per heavy atom. The van der Waals surface area contributed by atoms with Crippen LogP contribution in [0.4, 0.5) is 5.13 Å². The summed E-state index contributed by atoms with van der Waals surface area (Å²) in [5, 5.41) is 18.5. The first kappa shape index (κ1) is 8.90. The number of aromatic nitrogens is 2. The third-order valence-corrected chi connectivity index (χ3v) is 3.38. The van der Waals surface area contributed by atoms with Gasteiger partial charge in [0.15, 0.2) is 0 Å². The molecule has 5 heteroatoms. The van der Waals surface area contributed by atoms with Gasteiger partial charge in [-0.1, -0.05) is 24.2 Å². The lowest BCUT2D eigenvalue weighted by Crippen LogP contribution is -2.08. The number of anilines is 1. The van der Waals surface area contributed by atoms with E-state index in [1.165, 1.54) is 24.2 Å². The van der Waals surface area contributed by atoms with E-state index < -0.39 is 6.10 Å². The van der Waals surface area contributed by atoms with Crippen LogP contribution < -0.4 is 5.73 Å². The highest BCUT2D eigenvalue weighted by Gasteiger charge is 2.26. The molecular weight excluding hydrogens is 186 g/mol. The summed E-state index contributed by atoms with van der Waals surface area (Å²) in [4.78, 5) is 0. The highest BCUT2D eigenvalue weighted by Crippen LogP contribution is 2.36. The van der Waals surface area contributed by atoms with Crippen LogP contribution >= 0.6 is 11.3 Å². The van der Waals surface area contributed by atoms with Crippen LogP contribution in [0, 0.1) is 5.92 Å². The minimum Gasteiger partial charge on any atom is -0.386 e. The molecule has 0 aliphatic heterocycles. The van der Waals surface area contributed by atoms with Gasteiger partial charge in [-0.2, -0.15) is 0 Å². The van der Waals surface area contributed by atoms with Gasteiger partial charge < -0.3 is 10.8 Å². The van der Waals surface area contributed by atoms with E-state index >= 15 is 0 Å². The molecule has 0 bridgehead atoms. The van der Waals surface area contributed by atoms with E-state index in [1.54, 1.807) is 0 Å². The summed E-state index contributed by atoms with van der Waals surface area (Å²) in [5.41, 5.74) is 5.45. The molecule has 1 unspecified atom stereocenters. The average Bonchev–Trinajstić information content (AvgIpc) is 2.72. The Bertz CT molecular complexity index is 283. The van der Waals surface area contributed by atoms with Crippen molar-refractivity contribution < 1.29 is 5.11 Å². The van der Waals surface area contributed by atoms with Crippen molar-refractivity contribution in [3.05, 3.63) is 5.01 Å². The fourth-order valence-electron chi connectivity index (χ4n) is 1.84. The molecule has 1 heterocycles. The van der Waals surface area contributed by atoms with Gasteiger partial charge >= 0.3 is 0 Å². The van der Waals surface area contributed by atoms with Crippen molar-refractivity contribution in [2.45, 2.75) is 31.8 Å². The van der Waals surface area contributed by atoms with Gasteiger partial charge in [0.2, 0.25) is 5.13 Å². The van der Waals surface area contributed by atoms with Crippen LogP contribution in [0.25, 0.3) is 0 Å². The quantitative estimate of drug-likeness (QED) is 0.754. The van der Waals surface area contributed by atoms with Crippen molar-refractivity contribution in [1.29, 1.82) is 0 Å². The second kappa shape index (κ2) is 3.59. The van der Waals surface area contributed by atoms with Crippen LogP contribution in [0.2, 0.25) is 0 Å². The van der Waals surface area contributed by atoms with E-state index in [4.69, 9.17) is 5.73 Å². The predicted molar refractivity (Wildman–Crippen MR) is 51.2 cm³/mol. The molecule has 0 amide bonds. The summed E-state index contributed by atoms with van der Waals surface area (Å²) in [6.45, 7) is 0. The Kier molecular flexibility index (Phi) is 2.46. The van der Waals surface area contributed by atoms with Crippen molar-refractivity contribution in [3.8, 4) is 0 Å². The molecule has 13 heavy (non-hydrogen) atoms.